The van der Waals surface area contributed by atoms with Gasteiger partial charge >= 0.3 is 0 Å². The Morgan fingerprint density at radius 3 is 1.69 bits per heavy atom. The second-order valence-corrected chi connectivity index (χ2v) is 4.57. The fraction of sp³-hybridized carbons (Fsp3) is 0.750. The molecule has 0 aliphatic rings. The summed E-state index contributed by atoms with van der Waals surface area (Å²) in [6.45, 7) is 5.94. The molecule has 0 fully saturated rings. The molecule has 0 aliphatic carbocycles. The van der Waals surface area contributed by atoms with Gasteiger partial charge in [-0.15, -0.1) is 6.58 Å². The van der Waals surface area contributed by atoms with Crippen molar-refractivity contribution >= 4 is 0 Å². The van der Waals surface area contributed by atoms with Crippen molar-refractivity contribution < 1.29 is 0 Å². The van der Waals surface area contributed by atoms with Gasteiger partial charge in [-0.25, -0.2) is 0 Å². The zero-order valence-electron chi connectivity index (χ0n) is 11.2. The van der Waals surface area contributed by atoms with Gasteiger partial charge in [0.15, 0.2) is 0 Å². The molecule has 0 aromatic carbocycles. The van der Waals surface area contributed by atoms with Crippen LogP contribution in [0, 0.1) is 0 Å². The van der Waals surface area contributed by atoms with Gasteiger partial charge < -0.3 is 0 Å². The van der Waals surface area contributed by atoms with Crippen molar-refractivity contribution in [2.45, 2.75) is 77.6 Å². The van der Waals surface area contributed by atoms with Gasteiger partial charge in [0.25, 0.3) is 0 Å². The molecule has 0 saturated heterocycles. The van der Waals surface area contributed by atoms with Crippen molar-refractivity contribution in [3.63, 3.8) is 0 Å². The minimum atomic E-state index is 1.19. The Labute approximate surface area is 103 Å². The van der Waals surface area contributed by atoms with E-state index in [1.54, 1.807) is 0 Å². The smallest absolute Gasteiger partial charge is 0.0351 e. The molecular weight excluding hydrogens is 192 g/mol. The van der Waals surface area contributed by atoms with Gasteiger partial charge in [0.1, 0.15) is 0 Å². The first-order chi connectivity index (χ1) is 7.91. The fourth-order valence-corrected chi connectivity index (χ4v) is 1.90. The second-order valence-electron chi connectivity index (χ2n) is 4.57. The van der Waals surface area contributed by atoms with E-state index < -0.39 is 0 Å². The molecule has 94 valence electrons. The van der Waals surface area contributed by atoms with Crippen LogP contribution in [0.5, 0.6) is 0 Å². The first-order valence-corrected chi connectivity index (χ1v) is 7.17. The van der Waals surface area contributed by atoms with Crippen LogP contribution >= 0.6 is 0 Å². The Balaban J connectivity index is 2.93. The van der Waals surface area contributed by atoms with Gasteiger partial charge in [0, 0.05) is 0 Å². The Kier molecular flexibility index (Phi) is 14.0. The SMILES string of the molecule is C=CCCCCCCCCCCC=CCC. The Bertz CT molecular complexity index is 155. The maximum atomic E-state index is 3.74. The number of hydrogen-bond acceptors (Lipinski definition) is 0. The van der Waals surface area contributed by atoms with E-state index in [9.17, 15) is 0 Å². The van der Waals surface area contributed by atoms with Crippen molar-refractivity contribution in [2.24, 2.45) is 0 Å². The number of hydrogen-bond donors (Lipinski definition) is 0. The summed E-state index contributed by atoms with van der Waals surface area (Å²) in [4.78, 5) is 0. The first-order valence-electron chi connectivity index (χ1n) is 7.17. The average Bonchev–Trinajstić information content (AvgIpc) is 2.31. The Morgan fingerprint density at radius 2 is 1.19 bits per heavy atom. The van der Waals surface area contributed by atoms with Crippen molar-refractivity contribution in [1.82, 2.24) is 0 Å². The van der Waals surface area contributed by atoms with Crippen LogP contribution in [0.3, 0.4) is 0 Å². The van der Waals surface area contributed by atoms with Gasteiger partial charge in [-0.3, -0.25) is 0 Å². The third kappa shape index (κ3) is 13.5. The molecule has 0 nitrogen and oxygen atoms in total. The maximum Gasteiger partial charge on any atom is -0.0351 e. The van der Waals surface area contributed by atoms with Gasteiger partial charge in [-0.1, -0.05) is 63.7 Å². The number of unbranched alkanes of at least 4 members (excludes halogenated alkanes) is 9. The normalized spacial score (nSPS) is 11.1. The summed E-state index contributed by atoms with van der Waals surface area (Å²) in [5.74, 6) is 0. The van der Waals surface area contributed by atoms with Crippen molar-refractivity contribution in [3.8, 4) is 0 Å². The summed E-state index contributed by atoms with van der Waals surface area (Å²) in [6.07, 6.45) is 21.6. The molecule has 0 rings (SSSR count). The molecule has 0 heterocycles. The molecule has 0 atom stereocenters. The molecule has 0 aromatic rings. The first kappa shape index (κ1) is 15.5. The lowest BCUT2D eigenvalue weighted by Crippen LogP contribution is -1.80. The summed E-state index contributed by atoms with van der Waals surface area (Å²) < 4.78 is 0. The van der Waals surface area contributed by atoms with Gasteiger partial charge in [-0.2, -0.15) is 0 Å². The van der Waals surface area contributed by atoms with Crippen LogP contribution in [0.15, 0.2) is 24.8 Å². The molecule has 0 heteroatoms. The highest BCUT2D eigenvalue weighted by Gasteiger charge is 1.91. The van der Waals surface area contributed by atoms with Crippen molar-refractivity contribution in [1.29, 1.82) is 0 Å². The summed E-state index contributed by atoms with van der Waals surface area (Å²) in [5.41, 5.74) is 0. The van der Waals surface area contributed by atoms with E-state index in [1.165, 1.54) is 70.6 Å². The minimum Gasteiger partial charge on any atom is -0.103 e. The van der Waals surface area contributed by atoms with Gasteiger partial charge in [0.05, 0.1) is 0 Å². The van der Waals surface area contributed by atoms with Crippen LogP contribution in [0.4, 0.5) is 0 Å². The monoisotopic (exact) mass is 222 g/mol. The Hall–Kier alpha value is -0.520. The van der Waals surface area contributed by atoms with Crippen LogP contribution < -0.4 is 0 Å². The molecular formula is C16H30. The minimum absolute atomic E-state index is 1.19. The molecule has 0 amide bonds. The third-order valence-corrected chi connectivity index (χ3v) is 2.93. The Morgan fingerprint density at radius 1 is 0.688 bits per heavy atom. The molecule has 0 bridgehead atoms. The van der Waals surface area contributed by atoms with Crippen molar-refractivity contribution in [3.05, 3.63) is 24.8 Å². The predicted molar refractivity (Wildman–Crippen MR) is 75.8 cm³/mol. The molecule has 0 N–H and O–H groups in total. The molecule has 0 spiro atoms. The van der Waals surface area contributed by atoms with Crippen molar-refractivity contribution in [2.75, 3.05) is 0 Å². The topological polar surface area (TPSA) is 0 Å². The number of allylic oxidation sites excluding steroid dienone is 3. The highest BCUT2D eigenvalue weighted by Crippen LogP contribution is 2.10. The second kappa shape index (κ2) is 14.5. The molecule has 0 saturated carbocycles. The van der Waals surface area contributed by atoms with Crippen LogP contribution in [0.2, 0.25) is 0 Å². The summed E-state index contributed by atoms with van der Waals surface area (Å²) in [6, 6.07) is 0. The van der Waals surface area contributed by atoms with Crippen LogP contribution in [0.1, 0.15) is 77.6 Å². The predicted octanol–water partition coefficient (Wildman–Crippen LogP) is 6.04. The lowest BCUT2D eigenvalue weighted by molar-refractivity contribution is 0.571. The van der Waals surface area contributed by atoms with E-state index in [0.29, 0.717) is 0 Å². The van der Waals surface area contributed by atoms with E-state index in [1.807, 2.05) is 6.08 Å². The standard InChI is InChI=1S/C16H30/c1-3-5-7-9-11-13-15-16-14-12-10-8-6-4-2/h3,6,8H,1,4-5,7,9-16H2,2H3. The summed E-state index contributed by atoms with van der Waals surface area (Å²) in [5, 5.41) is 0. The summed E-state index contributed by atoms with van der Waals surface area (Å²) >= 11 is 0. The fourth-order valence-electron chi connectivity index (χ4n) is 1.90. The molecule has 0 aliphatic heterocycles. The molecule has 0 radical (unpaired) electrons. The van der Waals surface area contributed by atoms with E-state index in [4.69, 9.17) is 0 Å². The number of rotatable bonds is 12. The average molecular weight is 222 g/mol. The maximum absolute atomic E-state index is 3.74. The largest absolute Gasteiger partial charge is 0.103 e. The highest BCUT2D eigenvalue weighted by atomic mass is 14.0. The van der Waals surface area contributed by atoms with E-state index in [0.717, 1.165) is 0 Å². The van der Waals surface area contributed by atoms with E-state index in [2.05, 4.69) is 25.7 Å². The highest BCUT2D eigenvalue weighted by molar-refractivity contribution is 4.79. The molecule has 0 aromatic heterocycles. The quantitative estimate of drug-likeness (QED) is 0.279. The van der Waals surface area contributed by atoms with Gasteiger partial charge in [0.2, 0.25) is 0 Å². The lowest BCUT2D eigenvalue weighted by Gasteiger charge is -2.00. The van der Waals surface area contributed by atoms with E-state index in [-0.39, 0.29) is 0 Å². The zero-order valence-corrected chi connectivity index (χ0v) is 11.2. The molecule has 0 unspecified atom stereocenters. The van der Waals surface area contributed by atoms with Crippen LogP contribution in [-0.4, -0.2) is 0 Å². The van der Waals surface area contributed by atoms with Crippen LogP contribution in [0.25, 0.3) is 0 Å². The van der Waals surface area contributed by atoms with Gasteiger partial charge in [-0.05, 0) is 32.1 Å². The van der Waals surface area contributed by atoms with E-state index >= 15 is 0 Å². The molecule has 16 heavy (non-hydrogen) atoms. The zero-order chi connectivity index (χ0) is 11.9. The summed E-state index contributed by atoms with van der Waals surface area (Å²) in [7, 11) is 0. The lowest BCUT2D eigenvalue weighted by atomic mass is 10.1. The third-order valence-electron chi connectivity index (χ3n) is 2.93. The van der Waals surface area contributed by atoms with Crippen LogP contribution in [-0.2, 0) is 0 Å².